The van der Waals surface area contributed by atoms with Gasteiger partial charge in [-0.15, -0.1) is 0 Å². The van der Waals surface area contributed by atoms with Gasteiger partial charge in [-0.25, -0.2) is 14.4 Å². The highest BCUT2D eigenvalue weighted by atomic mass is 16.7. The molecule has 210 valence electrons. The van der Waals surface area contributed by atoms with Gasteiger partial charge in [-0.1, -0.05) is 41.5 Å². The van der Waals surface area contributed by atoms with Crippen LogP contribution in [-0.2, 0) is 28.4 Å². The van der Waals surface area contributed by atoms with Crippen LogP contribution in [0.4, 0.5) is 14.4 Å². The Hall–Kier alpha value is -2.19. The van der Waals surface area contributed by atoms with Crippen molar-refractivity contribution in [3.63, 3.8) is 0 Å². The monoisotopic (exact) mass is 516 g/mol. The first-order valence-corrected chi connectivity index (χ1v) is 13.5. The first-order chi connectivity index (χ1) is 17.0. The van der Waals surface area contributed by atoms with E-state index in [0.717, 1.165) is 38.5 Å². The fourth-order valence-electron chi connectivity index (χ4n) is 3.91. The van der Waals surface area contributed by atoms with E-state index in [0.29, 0.717) is 17.8 Å². The molecular formula is C27H48O9. The van der Waals surface area contributed by atoms with E-state index in [2.05, 4.69) is 41.5 Å². The maximum atomic E-state index is 12.2. The van der Waals surface area contributed by atoms with E-state index in [9.17, 15) is 14.4 Å². The summed E-state index contributed by atoms with van der Waals surface area (Å²) < 4.78 is 31.9. The van der Waals surface area contributed by atoms with Crippen molar-refractivity contribution in [3.8, 4) is 0 Å². The van der Waals surface area contributed by atoms with Gasteiger partial charge in [0.25, 0.3) is 0 Å². The molecule has 1 aliphatic rings. The fraction of sp³-hybridized carbons (Fsp3) is 0.889. The van der Waals surface area contributed by atoms with Crippen LogP contribution in [0.15, 0.2) is 0 Å². The molecule has 36 heavy (non-hydrogen) atoms. The molecule has 0 aromatic heterocycles. The third-order valence-corrected chi connectivity index (χ3v) is 5.80. The van der Waals surface area contributed by atoms with Gasteiger partial charge < -0.3 is 28.4 Å². The predicted molar refractivity (Wildman–Crippen MR) is 135 cm³/mol. The van der Waals surface area contributed by atoms with Crippen LogP contribution in [0.5, 0.6) is 0 Å². The summed E-state index contributed by atoms with van der Waals surface area (Å²) in [5, 5.41) is 0. The van der Waals surface area contributed by atoms with Gasteiger partial charge in [0.05, 0.1) is 19.8 Å². The summed E-state index contributed by atoms with van der Waals surface area (Å²) in [6.45, 7) is 13.4. The minimum Gasteiger partial charge on any atom is -0.434 e. The number of carbonyl (C=O) groups is 3. The Labute approximate surface area is 216 Å². The first kappa shape index (κ1) is 31.8. The van der Waals surface area contributed by atoms with Crippen molar-refractivity contribution < 1.29 is 42.8 Å². The number of rotatable bonds is 15. The molecule has 0 saturated heterocycles. The Morgan fingerprint density at radius 2 is 0.778 bits per heavy atom. The molecule has 0 bridgehead atoms. The first-order valence-electron chi connectivity index (χ1n) is 13.5. The number of carbonyl (C=O) groups excluding carboxylic acids is 3. The lowest BCUT2D eigenvalue weighted by molar-refractivity contribution is -0.0777. The second-order valence-corrected chi connectivity index (χ2v) is 10.8. The standard InChI is InChI=1S/C27H48O9/c1-19(2)10-7-13-31-25(28)34-22-16-23(35-26(29)32-14-8-11-20(3)4)18-24(17-22)36-27(30)33-15-9-12-21(5)6/h19-24H,7-18H2,1-6H3. The van der Waals surface area contributed by atoms with Crippen LogP contribution >= 0.6 is 0 Å². The highest BCUT2D eigenvalue weighted by Crippen LogP contribution is 2.27. The summed E-state index contributed by atoms with van der Waals surface area (Å²) in [6.07, 6.45) is 1.66. The summed E-state index contributed by atoms with van der Waals surface area (Å²) in [4.78, 5) is 36.5. The van der Waals surface area contributed by atoms with E-state index in [1.807, 2.05) is 0 Å². The lowest BCUT2D eigenvalue weighted by atomic mass is 9.92. The highest BCUT2D eigenvalue weighted by Gasteiger charge is 2.36. The van der Waals surface area contributed by atoms with Crippen molar-refractivity contribution >= 4 is 18.5 Å². The lowest BCUT2D eigenvalue weighted by Gasteiger charge is -2.33. The highest BCUT2D eigenvalue weighted by molar-refractivity contribution is 5.61. The molecule has 0 aromatic carbocycles. The molecule has 1 saturated carbocycles. The lowest BCUT2D eigenvalue weighted by Crippen LogP contribution is -2.40. The second kappa shape index (κ2) is 18.1. The molecule has 1 fully saturated rings. The Balaban J connectivity index is 2.58. The van der Waals surface area contributed by atoms with Gasteiger partial charge >= 0.3 is 18.5 Å². The Bertz CT molecular complexity index is 541. The van der Waals surface area contributed by atoms with E-state index in [4.69, 9.17) is 28.4 Å². The summed E-state index contributed by atoms with van der Waals surface area (Å²) >= 11 is 0. The zero-order valence-corrected chi connectivity index (χ0v) is 23.1. The Morgan fingerprint density at radius 1 is 0.528 bits per heavy atom. The van der Waals surface area contributed by atoms with Crippen LogP contribution in [0.3, 0.4) is 0 Å². The van der Waals surface area contributed by atoms with Crippen LogP contribution in [-0.4, -0.2) is 56.6 Å². The van der Waals surface area contributed by atoms with Gasteiger partial charge in [0.2, 0.25) is 0 Å². The van der Waals surface area contributed by atoms with Crippen molar-refractivity contribution in [2.75, 3.05) is 19.8 Å². The minimum absolute atomic E-state index is 0.269. The van der Waals surface area contributed by atoms with Crippen molar-refractivity contribution in [3.05, 3.63) is 0 Å². The maximum absolute atomic E-state index is 12.2. The van der Waals surface area contributed by atoms with E-state index >= 15 is 0 Å². The van der Waals surface area contributed by atoms with E-state index in [-0.39, 0.29) is 39.1 Å². The molecule has 1 aliphatic carbocycles. The van der Waals surface area contributed by atoms with Gasteiger partial charge in [0.15, 0.2) is 0 Å². The quantitative estimate of drug-likeness (QED) is 0.129. The van der Waals surface area contributed by atoms with Crippen LogP contribution in [0.25, 0.3) is 0 Å². The van der Waals surface area contributed by atoms with Gasteiger partial charge in [-0.05, 0) is 56.3 Å². The largest absolute Gasteiger partial charge is 0.508 e. The van der Waals surface area contributed by atoms with Gasteiger partial charge in [-0.3, -0.25) is 0 Å². The van der Waals surface area contributed by atoms with Crippen LogP contribution in [0.2, 0.25) is 0 Å². The van der Waals surface area contributed by atoms with Crippen molar-refractivity contribution in [2.45, 2.75) is 118 Å². The maximum Gasteiger partial charge on any atom is 0.508 e. The van der Waals surface area contributed by atoms with Crippen LogP contribution in [0.1, 0.15) is 99.3 Å². The molecular weight excluding hydrogens is 468 g/mol. The van der Waals surface area contributed by atoms with Crippen molar-refractivity contribution in [2.24, 2.45) is 17.8 Å². The molecule has 9 nitrogen and oxygen atoms in total. The zero-order chi connectivity index (χ0) is 26.9. The molecule has 0 amide bonds. The van der Waals surface area contributed by atoms with Crippen LogP contribution in [0, 0.1) is 17.8 Å². The summed E-state index contributed by atoms with van der Waals surface area (Å²) in [6, 6.07) is 0. The number of hydrogen-bond acceptors (Lipinski definition) is 9. The van der Waals surface area contributed by atoms with Gasteiger partial charge in [0.1, 0.15) is 18.3 Å². The number of hydrogen-bond donors (Lipinski definition) is 0. The average Bonchev–Trinajstić information content (AvgIpc) is 2.76. The molecule has 0 heterocycles. The summed E-state index contributed by atoms with van der Waals surface area (Å²) in [7, 11) is 0. The van der Waals surface area contributed by atoms with E-state index in [1.54, 1.807) is 0 Å². The average molecular weight is 517 g/mol. The normalized spacial score (nSPS) is 19.8. The smallest absolute Gasteiger partial charge is 0.434 e. The predicted octanol–water partition coefficient (Wildman–Crippen LogP) is 7.04. The minimum atomic E-state index is -0.782. The summed E-state index contributed by atoms with van der Waals surface area (Å²) in [5.41, 5.74) is 0. The molecule has 0 unspecified atom stereocenters. The third-order valence-electron chi connectivity index (χ3n) is 5.80. The van der Waals surface area contributed by atoms with Crippen LogP contribution < -0.4 is 0 Å². The van der Waals surface area contributed by atoms with Gasteiger partial charge in [-0.2, -0.15) is 0 Å². The second-order valence-electron chi connectivity index (χ2n) is 10.8. The topological polar surface area (TPSA) is 107 Å². The fourth-order valence-corrected chi connectivity index (χ4v) is 3.91. The van der Waals surface area contributed by atoms with Crippen molar-refractivity contribution in [1.29, 1.82) is 0 Å². The molecule has 0 atom stereocenters. The molecule has 0 spiro atoms. The molecule has 0 aromatic rings. The molecule has 0 N–H and O–H groups in total. The van der Waals surface area contributed by atoms with E-state index in [1.165, 1.54) is 0 Å². The molecule has 0 aliphatic heterocycles. The zero-order valence-electron chi connectivity index (χ0n) is 23.1. The number of ether oxygens (including phenoxy) is 6. The third kappa shape index (κ3) is 16.5. The van der Waals surface area contributed by atoms with Gasteiger partial charge in [0, 0.05) is 19.3 Å². The summed E-state index contributed by atoms with van der Waals surface area (Å²) in [5.74, 6) is 1.57. The molecule has 1 rings (SSSR count). The Kier molecular flexibility index (Phi) is 16.0. The molecule has 0 radical (unpaired) electrons. The Morgan fingerprint density at radius 3 is 1.00 bits per heavy atom. The van der Waals surface area contributed by atoms with E-state index < -0.39 is 36.8 Å². The SMILES string of the molecule is CC(C)CCCOC(=O)OC1CC(OC(=O)OCCCC(C)C)CC(OC(=O)OCCCC(C)C)C1. The molecule has 9 heteroatoms. The van der Waals surface area contributed by atoms with Crippen molar-refractivity contribution in [1.82, 2.24) is 0 Å².